The van der Waals surface area contributed by atoms with Crippen molar-refractivity contribution in [1.82, 2.24) is 20.7 Å². The molecule has 8 heteroatoms. The van der Waals surface area contributed by atoms with E-state index in [1.54, 1.807) is 6.07 Å². The lowest BCUT2D eigenvalue weighted by atomic mass is 9.93. The molecule has 3 aromatic rings. The van der Waals surface area contributed by atoms with Crippen LogP contribution in [-0.4, -0.2) is 39.0 Å². The van der Waals surface area contributed by atoms with Crippen LogP contribution >= 0.6 is 0 Å². The van der Waals surface area contributed by atoms with E-state index in [0.717, 1.165) is 24.8 Å². The second-order valence-corrected chi connectivity index (χ2v) is 7.31. The van der Waals surface area contributed by atoms with Crippen molar-refractivity contribution in [3.05, 3.63) is 54.4 Å². The second-order valence-electron chi connectivity index (χ2n) is 7.31. The van der Waals surface area contributed by atoms with Crippen LogP contribution in [-0.2, 0) is 6.42 Å². The molecule has 162 valence electrons. The fourth-order valence-electron chi connectivity index (χ4n) is 2.28. The summed E-state index contributed by atoms with van der Waals surface area (Å²) in [6.07, 6.45) is 5.47. The van der Waals surface area contributed by atoms with Gasteiger partial charge in [0.2, 0.25) is 12.3 Å². The molecule has 1 saturated carbocycles. The molecule has 1 aliphatic carbocycles. The maximum Gasteiger partial charge on any atom is 0.273 e. The molecule has 0 atom stereocenters. The summed E-state index contributed by atoms with van der Waals surface area (Å²) in [4.78, 5) is 11.9. The first kappa shape index (κ1) is 23.3. The number of rotatable bonds is 5. The lowest BCUT2D eigenvalue weighted by molar-refractivity contribution is 0.0908. The number of nitrogens with one attached hydrogen (secondary N) is 1. The van der Waals surface area contributed by atoms with Crippen molar-refractivity contribution in [2.45, 2.75) is 52.5 Å². The zero-order valence-electron chi connectivity index (χ0n) is 17.7. The number of benzene rings is 1. The molecule has 1 fully saturated rings. The lowest BCUT2D eigenvalue weighted by Crippen LogP contribution is -2.39. The van der Waals surface area contributed by atoms with Crippen molar-refractivity contribution in [2.75, 3.05) is 6.61 Å². The predicted molar refractivity (Wildman–Crippen MR) is 113 cm³/mol. The summed E-state index contributed by atoms with van der Waals surface area (Å²) in [6.45, 7) is 6.22. The monoisotopic (exact) mass is 414 g/mol. The fourth-order valence-corrected chi connectivity index (χ4v) is 2.28. The highest BCUT2D eigenvalue weighted by Crippen LogP contribution is 2.21. The van der Waals surface area contributed by atoms with E-state index in [4.69, 9.17) is 14.0 Å². The molecule has 0 radical (unpaired) electrons. The summed E-state index contributed by atoms with van der Waals surface area (Å²) in [7, 11) is 0. The molecule has 0 bridgehead atoms. The number of aryl methyl sites for hydroxylation is 1. The van der Waals surface area contributed by atoms with Gasteiger partial charge in [-0.3, -0.25) is 4.79 Å². The smallest absolute Gasteiger partial charge is 0.273 e. The average molecular weight is 415 g/mol. The van der Waals surface area contributed by atoms with Gasteiger partial charge in [-0.05, 0) is 25.2 Å². The van der Waals surface area contributed by atoms with Gasteiger partial charge in [-0.2, -0.15) is 0 Å². The molecule has 1 amide bonds. The standard InChI is InChI=1S/C14H14N2O2.C4H6N2O.C4H10O/c17-14(15-11-7-4-8-11)12-9-13(18-16-12)10-5-2-1-3-6-10;1-2-4-6-5-3-7-4;1-4(2)3-5/h1-3,5-6,9,11H,4,7-8H2,(H,15,17);3H,2H2,1H3;4-5H,3H2,1-2H3. The van der Waals surface area contributed by atoms with Crippen LogP contribution in [0, 0.1) is 5.92 Å². The molecule has 1 aliphatic rings. The minimum Gasteiger partial charge on any atom is -0.428 e. The minimum absolute atomic E-state index is 0.148. The van der Waals surface area contributed by atoms with Crippen molar-refractivity contribution < 1.29 is 18.8 Å². The number of carbonyl (C=O) groups excluding carboxylic acids is 1. The number of hydrogen-bond acceptors (Lipinski definition) is 7. The Balaban J connectivity index is 0.000000220. The van der Waals surface area contributed by atoms with Gasteiger partial charge < -0.3 is 19.4 Å². The third kappa shape index (κ3) is 7.79. The first-order chi connectivity index (χ1) is 14.5. The van der Waals surface area contributed by atoms with Gasteiger partial charge in [0.05, 0.1) is 0 Å². The highest BCUT2D eigenvalue weighted by Gasteiger charge is 2.22. The molecule has 1 aromatic carbocycles. The number of amides is 1. The summed E-state index contributed by atoms with van der Waals surface area (Å²) in [6, 6.07) is 11.6. The number of aromatic nitrogens is 3. The molecule has 8 nitrogen and oxygen atoms in total. The Hall–Kier alpha value is -3.00. The van der Waals surface area contributed by atoms with Gasteiger partial charge in [0.15, 0.2) is 11.5 Å². The Kier molecular flexibility index (Phi) is 9.73. The Morgan fingerprint density at radius 2 is 1.97 bits per heavy atom. The lowest BCUT2D eigenvalue weighted by Gasteiger charge is -2.25. The van der Waals surface area contributed by atoms with E-state index in [9.17, 15) is 4.79 Å². The normalized spacial score (nSPS) is 12.8. The van der Waals surface area contributed by atoms with E-state index in [1.807, 2.05) is 51.1 Å². The topological polar surface area (TPSA) is 114 Å². The number of aliphatic hydroxyl groups is 1. The minimum atomic E-state index is -0.148. The Morgan fingerprint density at radius 3 is 2.43 bits per heavy atom. The molecule has 0 unspecified atom stereocenters. The molecule has 0 aliphatic heterocycles. The SMILES string of the molecule is CC(C)CO.CCc1nnco1.O=C(NC1CCC1)c1cc(-c2ccccc2)on1. The first-order valence-corrected chi connectivity index (χ1v) is 10.2. The summed E-state index contributed by atoms with van der Waals surface area (Å²) >= 11 is 0. The largest absolute Gasteiger partial charge is 0.428 e. The summed E-state index contributed by atoms with van der Waals surface area (Å²) < 4.78 is 9.95. The van der Waals surface area contributed by atoms with Crippen molar-refractivity contribution in [3.63, 3.8) is 0 Å². The van der Waals surface area contributed by atoms with E-state index in [1.165, 1.54) is 12.8 Å². The highest BCUT2D eigenvalue weighted by atomic mass is 16.5. The third-order valence-corrected chi connectivity index (χ3v) is 4.31. The van der Waals surface area contributed by atoms with Crippen LogP contribution in [0.4, 0.5) is 0 Å². The highest BCUT2D eigenvalue weighted by molar-refractivity contribution is 5.93. The Morgan fingerprint density at radius 1 is 1.27 bits per heavy atom. The quantitative estimate of drug-likeness (QED) is 0.651. The molecule has 4 rings (SSSR count). The van der Waals surface area contributed by atoms with Gasteiger partial charge >= 0.3 is 0 Å². The Labute approximate surface area is 176 Å². The molecular weight excluding hydrogens is 384 g/mol. The molecule has 2 N–H and O–H groups in total. The molecule has 30 heavy (non-hydrogen) atoms. The number of carbonyl (C=O) groups is 1. The van der Waals surface area contributed by atoms with E-state index in [-0.39, 0.29) is 5.91 Å². The van der Waals surface area contributed by atoms with Gasteiger partial charge in [0.25, 0.3) is 5.91 Å². The summed E-state index contributed by atoms with van der Waals surface area (Å²) in [5.74, 6) is 1.61. The van der Waals surface area contributed by atoms with Crippen LogP contribution in [0.2, 0.25) is 0 Å². The van der Waals surface area contributed by atoms with Crippen molar-refractivity contribution >= 4 is 5.91 Å². The third-order valence-electron chi connectivity index (χ3n) is 4.31. The molecule has 2 aromatic heterocycles. The average Bonchev–Trinajstić information content (AvgIpc) is 3.44. The van der Waals surface area contributed by atoms with Gasteiger partial charge in [0, 0.05) is 30.7 Å². The van der Waals surface area contributed by atoms with Gasteiger partial charge in [0.1, 0.15) is 0 Å². The first-order valence-electron chi connectivity index (χ1n) is 10.2. The van der Waals surface area contributed by atoms with E-state index in [0.29, 0.717) is 35.9 Å². The maximum atomic E-state index is 11.9. The van der Waals surface area contributed by atoms with Crippen molar-refractivity contribution in [3.8, 4) is 11.3 Å². The van der Waals surface area contributed by atoms with Crippen LogP contribution in [0.3, 0.4) is 0 Å². The number of hydrogen-bond donors (Lipinski definition) is 2. The summed E-state index contributed by atoms with van der Waals surface area (Å²) in [5, 5.41) is 22.0. The van der Waals surface area contributed by atoms with Crippen LogP contribution in [0.15, 0.2) is 51.7 Å². The summed E-state index contributed by atoms with van der Waals surface area (Å²) in [5.41, 5.74) is 1.27. The van der Waals surface area contributed by atoms with Crippen LogP contribution in [0.25, 0.3) is 11.3 Å². The van der Waals surface area contributed by atoms with Crippen LogP contribution in [0.1, 0.15) is 56.4 Å². The molecule has 2 heterocycles. The molecular formula is C22H30N4O4. The van der Waals surface area contributed by atoms with E-state index < -0.39 is 0 Å². The van der Waals surface area contributed by atoms with E-state index >= 15 is 0 Å². The zero-order valence-corrected chi connectivity index (χ0v) is 17.7. The van der Waals surface area contributed by atoms with Crippen LogP contribution < -0.4 is 5.32 Å². The molecule has 0 saturated heterocycles. The Bertz CT molecular complexity index is 843. The maximum absolute atomic E-state index is 11.9. The molecule has 0 spiro atoms. The van der Waals surface area contributed by atoms with E-state index in [2.05, 4.69) is 20.7 Å². The van der Waals surface area contributed by atoms with Gasteiger partial charge in [-0.15, -0.1) is 10.2 Å². The number of nitrogens with zero attached hydrogens (tertiary/aromatic N) is 3. The predicted octanol–water partition coefficient (Wildman–Crippen LogP) is 3.89. The number of aliphatic hydroxyl groups excluding tert-OH is 1. The van der Waals surface area contributed by atoms with Gasteiger partial charge in [-0.25, -0.2) is 0 Å². The van der Waals surface area contributed by atoms with Crippen LogP contribution in [0.5, 0.6) is 0 Å². The van der Waals surface area contributed by atoms with Crippen molar-refractivity contribution in [1.29, 1.82) is 0 Å². The van der Waals surface area contributed by atoms with Crippen molar-refractivity contribution in [2.24, 2.45) is 5.92 Å². The van der Waals surface area contributed by atoms with Gasteiger partial charge in [-0.1, -0.05) is 56.3 Å². The fraction of sp³-hybridized carbons (Fsp3) is 0.455. The zero-order chi connectivity index (χ0) is 21.8. The second kappa shape index (κ2) is 12.5.